The highest BCUT2D eigenvalue weighted by Gasteiger charge is 2.45. The molecule has 0 radical (unpaired) electrons. The predicted octanol–water partition coefficient (Wildman–Crippen LogP) is 5.82. The van der Waals surface area contributed by atoms with Crippen LogP contribution in [0.2, 0.25) is 5.02 Å². The van der Waals surface area contributed by atoms with E-state index >= 15 is 0 Å². The highest BCUT2D eigenvalue weighted by molar-refractivity contribution is 6.30. The third-order valence-electron chi connectivity index (χ3n) is 5.51. The molecule has 3 rings (SSSR count). The molecule has 0 aliphatic carbocycles. The molecule has 0 bridgehead atoms. The molecule has 0 aliphatic heterocycles. The van der Waals surface area contributed by atoms with Crippen LogP contribution in [0.5, 0.6) is 5.75 Å². The number of aromatic nitrogens is 1. The molecule has 0 saturated heterocycles. The average molecular weight is 598 g/mol. The molecule has 2 atom stereocenters. The lowest BCUT2D eigenvalue weighted by Gasteiger charge is -2.36. The number of benzene rings is 2. The summed E-state index contributed by atoms with van der Waals surface area (Å²) in [4.78, 5) is 17.0. The summed E-state index contributed by atoms with van der Waals surface area (Å²) in [5.74, 6) is -2.28. The third kappa shape index (κ3) is 7.72. The number of pyridine rings is 1. The highest BCUT2D eigenvalue weighted by atomic mass is 35.5. The largest absolute Gasteiger partial charge is 0.461 e. The number of ether oxygens (including phenoxy) is 1. The summed E-state index contributed by atoms with van der Waals surface area (Å²) in [6.45, 7) is -1.27. The summed E-state index contributed by atoms with van der Waals surface area (Å²) in [6.07, 6.45) is -16.4. The lowest BCUT2D eigenvalue weighted by atomic mass is 9.80. The van der Waals surface area contributed by atoms with E-state index in [0.717, 1.165) is 18.3 Å². The number of aliphatic hydroxyl groups excluding tert-OH is 1. The number of nitrogens with one attached hydrogen (secondary N) is 2. The molecule has 0 aliphatic rings. The second-order valence-corrected chi connectivity index (χ2v) is 8.90. The van der Waals surface area contributed by atoms with Gasteiger partial charge >= 0.3 is 24.7 Å². The lowest BCUT2D eigenvalue weighted by Crippen LogP contribution is -2.54. The van der Waals surface area contributed by atoms with Crippen LogP contribution in [0.4, 0.5) is 39.9 Å². The van der Waals surface area contributed by atoms with E-state index in [4.69, 9.17) is 11.6 Å². The van der Waals surface area contributed by atoms with Crippen molar-refractivity contribution in [3.8, 4) is 5.75 Å². The Hall–Kier alpha value is -3.65. The van der Waals surface area contributed by atoms with E-state index in [-0.39, 0.29) is 22.7 Å². The van der Waals surface area contributed by atoms with Gasteiger partial charge < -0.3 is 20.5 Å². The normalized spacial score (nSPS) is 14.4. The molecule has 1 heterocycles. The first-order valence-electron chi connectivity index (χ1n) is 11.3. The summed E-state index contributed by atoms with van der Waals surface area (Å²) in [5.41, 5.74) is -2.03. The molecule has 40 heavy (non-hydrogen) atoms. The second-order valence-electron chi connectivity index (χ2n) is 8.46. The fraction of sp³-hybridized carbons (Fsp3) is 0.280. The third-order valence-corrected chi connectivity index (χ3v) is 5.73. The zero-order valence-corrected chi connectivity index (χ0v) is 20.8. The summed E-state index contributed by atoms with van der Waals surface area (Å²) < 4.78 is 110. The van der Waals surface area contributed by atoms with E-state index in [1.807, 2.05) is 5.32 Å². The van der Waals surface area contributed by atoms with Crippen LogP contribution in [0.1, 0.15) is 16.8 Å². The quantitative estimate of drug-likeness (QED) is 0.257. The first-order valence-corrected chi connectivity index (χ1v) is 11.6. The SMILES string of the molecule is O=C(NCC(O)C(F)(F)F)N[C@@](Cc1ccccc1)(c1cc(F)cc(OC(F)(F)C(F)F)c1)c1ccc(Cl)cn1. The molecule has 3 aromatic rings. The molecule has 0 spiro atoms. The molecule has 0 saturated carbocycles. The van der Waals surface area contributed by atoms with E-state index in [9.17, 15) is 45.0 Å². The maximum Gasteiger partial charge on any atom is 0.461 e. The van der Waals surface area contributed by atoms with E-state index in [1.165, 1.54) is 12.1 Å². The number of alkyl halides is 7. The van der Waals surface area contributed by atoms with Crippen molar-refractivity contribution in [2.75, 3.05) is 6.54 Å². The molecule has 216 valence electrons. The number of hydrogen-bond acceptors (Lipinski definition) is 4. The first-order chi connectivity index (χ1) is 18.6. The predicted molar refractivity (Wildman–Crippen MR) is 127 cm³/mol. The number of carbonyl (C=O) groups is 1. The number of urea groups is 1. The Morgan fingerprint density at radius 3 is 2.27 bits per heavy atom. The number of aliphatic hydroxyl groups is 1. The van der Waals surface area contributed by atoms with E-state index < -0.39 is 54.5 Å². The topological polar surface area (TPSA) is 83.5 Å². The molecular formula is C25H20ClF8N3O3. The second kappa shape index (κ2) is 12.3. The van der Waals surface area contributed by atoms with Crippen LogP contribution in [0, 0.1) is 5.82 Å². The van der Waals surface area contributed by atoms with Gasteiger partial charge in [0, 0.05) is 18.7 Å². The summed E-state index contributed by atoms with van der Waals surface area (Å²) in [5, 5.41) is 13.6. The lowest BCUT2D eigenvalue weighted by molar-refractivity contribution is -0.253. The Balaban J connectivity index is 2.18. The summed E-state index contributed by atoms with van der Waals surface area (Å²) in [6, 6.07) is 11.2. The van der Waals surface area contributed by atoms with Crippen LogP contribution < -0.4 is 15.4 Å². The van der Waals surface area contributed by atoms with Gasteiger partial charge in [0.2, 0.25) is 0 Å². The monoisotopic (exact) mass is 597 g/mol. The molecule has 2 aromatic carbocycles. The molecule has 2 amide bonds. The smallest absolute Gasteiger partial charge is 0.428 e. The van der Waals surface area contributed by atoms with Crippen molar-refractivity contribution < 1.29 is 49.8 Å². The minimum absolute atomic E-state index is 0.0931. The Morgan fingerprint density at radius 2 is 1.70 bits per heavy atom. The van der Waals surface area contributed by atoms with Crippen molar-refractivity contribution in [1.29, 1.82) is 0 Å². The Morgan fingerprint density at radius 1 is 1.02 bits per heavy atom. The van der Waals surface area contributed by atoms with Gasteiger partial charge in [-0.3, -0.25) is 4.98 Å². The Kier molecular flexibility index (Phi) is 9.46. The van der Waals surface area contributed by atoms with Crippen molar-refractivity contribution in [2.24, 2.45) is 0 Å². The number of halogens is 9. The van der Waals surface area contributed by atoms with E-state index in [2.05, 4.69) is 15.0 Å². The van der Waals surface area contributed by atoms with Crippen molar-refractivity contribution in [1.82, 2.24) is 15.6 Å². The zero-order chi connectivity index (χ0) is 29.7. The number of nitrogens with zero attached hydrogens (tertiary/aromatic N) is 1. The number of carbonyl (C=O) groups excluding carboxylic acids is 1. The van der Waals surface area contributed by atoms with Crippen LogP contribution in [0.25, 0.3) is 0 Å². The zero-order valence-electron chi connectivity index (χ0n) is 20.0. The highest BCUT2D eigenvalue weighted by Crippen LogP contribution is 2.37. The summed E-state index contributed by atoms with van der Waals surface area (Å²) >= 11 is 5.92. The first kappa shape index (κ1) is 30.9. The van der Waals surface area contributed by atoms with Crippen LogP contribution in [0.3, 0.4) is 0 Å². The number of rotatable bonds is 10. The van der Waals surface area contributed by atoms with Gasteiger partial charge in [0.15, 0.2) is 6.10 Å². The molecule has 1 aromatic heterocycles. The van der Waals surface area contributed by atoms with Gasteiger partial charge in [-0.2, -0.15) is 30.7 Å². The maximum absolute atomic E-state index is 14.7. The molecule has 1 unspecified atom stereocenters. The Labute approximate surface area is 226 Å². The number of amides is 2. The molecule has 15 heteroatoms. The van der Waals surface area contributed by atoms with Crippen LogP contribution in [-0.4, -0.2) is 47.5 Å². The molecule has 6 nitrogen and oxygen atoms in total. The number of hydrogen-bond donors (Lipinski definition) is 3. The van der Waals surface area contributed by atoms with Crippen molar-refractivity contribution in [3.05, 3.63) is 94.5 Å². The van der Waals surface area contributed by atoms with Crippen LogP contribution >= 0.6 is 11.6 Å². The average Bonchev–Trinajstić information content (AvgIpc) is 2.86. The van der Waals surface area contributed by atoms with Gasteiger partial charge in [-0.05, 0) is 35.4 Å². The fourth-order valence-electron chi connectivity index (χ4n) is 3.66. The molecular weight excluding hydrogens is 578 g/mol. The van der Waals surface area contributed by atoms with E-state index in [1.54, 1.807) is 30.3 Å². The van der Waals surface area contributed by atoms with Gasteiger partial charge in [-0.1, -0.05) is 41.9 Å². The minimum atomic E-state index is -5.06. The van der Waals surface area contributed by atoms with Gasteiger partial charge in [-0.25, -0.2) is 9.18 Å². The van der Waals surface area contributed by atoms with Crippen molar-refractivity contribution in [2.45, 2.75) is 36.8 Å². The molecule has 3 N–H and O–H groups in total. The molecule has 0 fully saturated rings. The van der Waals surface area contributed by atoms with Crippen LogP contribution in [0.15, 0.2) is 66.9 Å². The minimum Gasteiger partial charge on any atom is -0.428 e. The van der Waals surface area contributed by atoms with E-state index in [0.29, 0.717) is 11.6 Å². The van der Waals surface area contributed by atoms with Crippen molar-refractivity contribution in [3.63, 3.8) is 0 Å². The van der Waals surface area contributed by atoms with Gasteiger partial charge in [0.25, 0.3) is 0 Å². The standard InChI is InChI=1S/C25H20ClF8N3O3/c26-16-6-7-19(35-12-16)23(11-14-4-2-1-3-5-14,37-22(39)36-13-20(38)24(30,31)32)15-8-17(27)10-18(9-15)40-25(33,34)21(28)29/h1-10,12,20-21,38H,11,13H2,(H2,36,37,39)/t20?,23-/m0/s1. The fourth-order valence-corrected chi connectivity index (χ4v) is 3.78. The Bertz CT molecular complexity index is 1300. The summed E-state index contributed by atoms with van der Waals surface area (Å²) in [7, 11) is 0. The maximum atomic E-state index is 14.7. The van der Waals surface area contributed by atoms with Gasteiger partial charge in [0.05, 0.1) is 17.3 Å². The van der Waals surface area contributed by atoms with Crippen molar-refractivity contribution >= 4 is 17.6 Å². The van der Waals surface area contributed by atoms with Gasteiger partial charge in [0.1, 0.15) is 17.1 Å². The van der Waals surface area contributed by atoms with Crippen LogP contribution in [-0.2, 0) is 12.0 Å². The van der Waals surface area contributed by atoms with Gasteiger partial charge in [-0.15, -0.1) is 0 Å².